The third-order valence-electron chi connectivity index (χ3n) is 3.48. The van der Waals surface area contributed by atoms with Gasteiger partial charge in [0.25, 0.3) is 0 Å². The van der Waals surface area contributed by atoms with Gasteiger partial charge in [-0.3, -0.25) is 4.79 Å². The fraction of sp³-hybridized carbons (Fsp3) is 0.588. The summed E-state index contributed by atoms with van der Waals surface area (Å²) in [6.45, 7) is 7.49. The third kappa shape index (κ3) is 6.20. The molecule has 3 heteroatoms. The topological polar surface area (TPSA) is 49.3 Å². The summed E-state index contributed by atoms with van der Waals surface area (Å²) in [6.07, 6.45) is 3.02. The van der Waals surface area contributed by atoms with Gasteiger partial charge in [-0.25, -0.2) is 0 Å². The maximum Gasteiger partial charge on any atom is 0.303 e. The summed E-state index contributed by atoms with van der Waals surface area (Å²) in [5.74, 6) is -0.0752. The van der Waals surface area contributed by atoms with Gasteiger partial charge in [-0.05, 0) is 49.8 Å². The number of aryl methyl sites for hydroxylation is 1. The summed E-state index contributed by atoms with van der Waals surface area (Å²) < 4.78 is 0. The predicted octanol–water partition coefficient (Wildman–Crippen LogP) is 3.93. The molecule has 0 aliphatic heterocycles. The molecule has 0 aromatic heterocycles. The zero-order chi connectivity index (χ0) is 15.0. The molecule has 112 valence electrons. The van der Waals surface area contributed by atoms with Crippen LogP contribution >= 0.6 is 0 Å². The van der Waals surface area contributed by atoms with Crippen molar-refractivity contribution >= 4 is 5.97 Å². The second-order valence-corrected chi connectivity index (χ2v) is 5.84. The van der Waals surface area contributed by atoms with Crippen molar-refractivity contribution < 1.29 is 9.90 Å². The number of nitrogens with one attached hydrogen (secondary N) is 1. The van der Waals surface area contributed by atoms with Gasteiger partial charge >= 0.3 is 5.97 Å². The summed E-state index contributed by atoms with van der Waals surface area (Å²) in [5, 5.41) is 12.2. The van der Waals surface area contributed by atoms with Gasteiger partial charge in [-0.2, -0.15) is 0 Å². The number of hydrogen-bond donors (Lipinski definition) is 2. The smallest absolute Gasteiger partial charge is 0.303 e. The van der Waals surface area contributed by atoms with Crippen LogP contribution in [-0.4, -0.2) is 17.6 Å². The van der Waals surface area contributed by atoms with E-state index >= 15 is 0 Å². The fourth-order valence-corrected chi connectivity index (χ4v) is 2.45. The van der Waals surface area contributed by atoms with Gasteiger partial charge in [0.1, 0.15) is 0 Å². The lowest BCUT2D eigenvalue weighted by molar-refractivity contribution is -0.137. The normalized spacial score (nSPS) is 12.6. The molecule has 0 aliphatic carbocycles. The van der Waals surface area contributed by atoms with Crippen LogP contribution in [0.4, 0.5) is 0 Å². The molecule has 0 bridgehead atoms. The molecule has 1 aromatic rings. The third-order valence-corrected chi connectivity index (χ3v) is 3.48. The minimum atomic E-state index is -0.706. The summed E-state index contributed by atoms with van der Waals surface area (Å²) >= 11 is 0. The zero-order valence-corrected chi connectivity index (χ0v) is 12.9. The van der Waals surface area contributed by atoms with Crippen LogP contribution in [0.25, 0.3) is 0 Å². The second kappa shape index (κ2) is 8.75. The Balaban J connectivity index is 2.53. The molecule has 1 unspecified atom stereocenters. The average Bonchev–Trinajstić information content (AvgIpc) is 2.37. The maximum atomic E-state index is 10.5. The number of carboxylic acids is 1. The van der Waals surface area contributed by atoms with Crippen LogP contribution in [0, 0.1) is 12.8 Å². The Morgan fingerprint density at radius 3 is 2.55 bits per heavy atom. The van der Waals surface area contributed by atoms with E-state index in [1.165, 1.54) is 11.1 Å². The molecule has 20 heavy (non-hydrogen) atoms. The van der Waals surface area contributed by atoms with Crippen LogP contribution < -0.4 is 5.32 Å². The minimum absolute atomic E-state index is 0.265. The summed E-state index contributed by atoms with van der Waals surface area (Å²) in [5.41, 5.74) is 2.68. The molecule has 2 N–H and O–H groups in total. The van der Waals surface area contributed by atoms with Gasteiger partial charge in [0.15, 0.2) is 0 Å². The molecule has 1 aromatic carbocycles. The number of carbonyl (C=O) groups is 1. The SMILES string of the molecule is Cc1ccccc1C(CC(C)C)NCCCCC(=O)O. The van der Waals surface area contributed by atoms with Crippen molar-refractivity contribution in [1.82, 2.24) is 5.32 Å². The van der Waals surface area contributed by atoms with Crippen molar-refractivity contribution in [1.29, 1.82) is 0 Å². The Labute approximate surface area is 122 Å². The van der Waals surface area contributed by atoms with E-state index in [-0.39, 0.29) is 6.42 Å². The molecule has 0 spiro atoms. The van der Waals surface area contributed by atoms with Gasteiger partial charge < -0.3 is 10.4 Å². The molecule has 1 atom stereocenters. The van der Waals surface area contributed by atoms with Crippen LogP contribution in [0.5, 0.6) is 0 Å². The molecule has 0 fully saturated rings. The Kier molecular flexibility index (Phi) is 7.31. The number of aliphatic carboxylic acids is 1. The van der Waals surface area contributed by atoms with E-state index in [0.717, 1.165) is 25.8 Å². The Bertz CT molecular complexity index is 415. The van der Waals surface area contributed by atoms with Crippen LogP contribution in [0.2, 0.25) is 0 Å². The Hall–Kier alpha value is -1.35. The number of benzene rings is 1. The predicted molar refractivity (Wildman–Crippen MR) is 82.9 cm³/mol. The first-order valence-electron chi connectivity index (χ1n) is 7.51. The highest BCUT2D eigenvalue weighted by Gasteiger charge is 2.14. The number of hydrogen-bond acceptors (Lipinski definition) is 2. The molecule has 0 heterocycles. The highest BCUT2D eigenvalue weighted by Crippen LogP contribution is 2.24. The van der Waals surface area contributed by atoms with E-state index in [0.29, 0.717) is 12.0 Å². The molecule has 0 saturated heterocycles. The summed E-state index contributed by atoms with van der Waals surface area (Å²) in [6, 6.07) is 8.85. The summed E-state index contributed by atoms with van der Waals surface area (Å²) in [7, 11) is 0. The minimum Gasteiger partial charge on any atom is -0.481 e. The van der Waals surface area contributed by atoms with Gasteiger partial charge in [0.2, 0.25) is 0 Å². The molecule has 1 rings (SSSR count). The van der Waals surface area contributed by atoms with Crippen molar-refractivity contribution in [3.8, 4) is 0 Å². The first-order valence-corrected chi connectivity index (χ1v) is 7.51. The van der Waals surface area contributed by atoms with Crippen molar-refractivity contribution in [3.05, 3.63) is 35.4 Å². The van der Waals surface area contributed by atoms with Gasteiger partial charge in [-0.1, -0.05) is 38.1 Å². The number of unbranched alkanes of at least 4 members (excludes halogenated alkanes) is 1. The van der Waals surface area contributed by atoms with Crippen molar-refractivity contribution in [2.24, 2.45) is 5.92 Å². The molecule has 0 aliphatic rings. The van der Waals surface area contributed by atoms with Crippen molar-refractivity contribution in [2.75, 3.05) is 6.54 Å². The van der Waals surface area contributed by atoms with Crippen LogP contribution in [0.15, 0.2) is 24.3 Å². The molecule has 0 radical (unpaired) electrons. The largest absolute Gasteiger partial charge is 0.481 e. The Morgan fingerprint density at radius 1 is 1.25 bits per heavy atom. The van der Waals surface area contributed by atoms with Crippen molar-refractivity contribution in [2.45, 2.75) is 52.5 Å². The van der Waals surface area contributed by atoms with Gasteiger partial charge in [0.05, 0.1) is 0 Å². The van der Waals surface area contributed by atoms with E-state index in [4.69, 9.17) is 5.11 Å². The average molecular weight is 277 g/mol. The van der Waals surface area contributed by atoms with Gasteiger partial charge in [-0.15, -0.1) is 0 Å². The number of rotatable bonds is 9. The molecular formula is C17H27NO2. The first-order chi connectivity index (χ1) is 9.50. The fourth-order valence-electron chi connectivity index (χ4n) is 2.45. The quantitative estimate of drug-likeness (QED) is 0.672. The highest BCUT2D eigenvalue weighted by atomic mass is 16.4. The lowest BCUT2D eigenvalue weighted by Crippen LogP contribution is -2.24. The van der Waals surface area contributed by atoms with Crippen LogP contribution in [0.3, 0.4) is 0 Å². The van der Waals surface area contributed by atoms with Crippen LogP contribution in [-0.2, 0) is 4.79 Å². The second-order valence-electron chi connectivity index (χ2n) is 5.84. The molecule has 3 nitrogen and oxygen atoms in total. The van der Waals surface area contributed by atoms with E-state index < -0.39 is 5.97 Å². The standard InChI is InChI=1S/C17H27NO2/c1-13(2)12-16(15-9-5-4-8-14(15)3)18-11-7-6-10-17(19)20/h4-5,8-9,13,16,18H,6-7,10-12H2,1-3H3,(H,19,20). The lowest BCUT2D eigenvalue weighted by atomic mass is 9.94. The van der Waals surface area contributed by atoms with E-state index in [2.05, 4.69) is 50.4 Å². The Morgan fingerprint density at radius 2 is 1.95 bits per heavy atom. The summed E-state index contributed by atoms with van der Waals surface area (Å²) in [4.78, 5) is 10.5. The maximum absolute atomic E-state index is 10.5. The van der Waals surface area contributed by atoms with E-state index in [9.17, 15) is 4.79 Å². The molecule has 0 amide bonds. The number of carboxylic acid groups (broad SMARTS) is 1. The van der Waals surface area contributed by atoms with E-state index in [1.807, 2.05) is 0 Å². The molecule has 0 saturated carbocycles. The van der Waals surface area contributed by atoms with E-state index in [1.54, 1.807) is 0 Å². The van der Waals surface area contributed by atoms with Crippen molar-refractivity contribution in [3.63, 3.8) is 0 Å². The zero-order valence-electron chi connectivity index (χ0n) is 12.9. The van der Waals surface area contributed by atoms with Gasteiger partial charge in [0, 0.05) is 12.5 Å². The first kappa shape index (κ1) is 16.7. The monoisotopic (exact) mass is 277 g/mol. The lowest BCUT2D eigenvalue weighted by Gasteiger charge is -2.23. The highest BCUT2D eigenvalue weighted by molar-refractivity contribution is 5.66. The molecular weight excluding hydrogens is 250 g/mol. The van der Waals surface area contributed by atoms with Crippen LogP contribution in [0.1, 0.15) is 56.7 Å².